The number of rotatable bonds is 4. The molecule has 6 nitrogen and oxygen atoms in total. The van der Waals surface area contributed by atoms with Crippen molar-refractivity contribution in [1.82, 2.24) is 4.98 Å². The maximum atomic E-state index is 11.4. The number of non-ortho nitro benzene ring substituents is 1. The van der Waals surface area contributed by atoms with Crippen LogP contribution >= 0.6 is 11.6 Å². The Kier molecular flexibility index (Phi) is 3.35. The summed E-state index contributed by atoms with van der Waals surface area (Å²) in [5, 5.41) is 11.5. The van der Waals surface area contributed by atoms with Gasteiger partial charge < -0.3 is 9.21 Å². The molecule has 4 rings (SSSR count). The van der Waals surface area contributed by atoms with Crippen molar-refractivity contribution >= 4 is 34.7 Å². The molecule has 1 aliphatic carbocycles. The molecule has 0 amide bonds. The number of nitro groups is 1. The van der Waals surface area contributed by atoms with E-state index in [1.807, 2.05) is 12.1 Å². The number of hydrogen-bond donors (Lipinski definition) is 0. The average Bonchev–Trinajstić information content (AvgIpc) is 3.16. The molecule has 3 aromatic rings. The minimum absolute atomic E-state index is 0.0113. The molecule has 0 radical (unpaired) electrons. The average molecular weight is 343 g/mol. The molecule has 7 heteroatoms. The van der Waals surface area contributed by atoms with Gasteiger partial charge in [-0.2, -0.15) is 0 Å². The van der Waals surface area contributed by atoms with Crippen molar-refractivity contribution in [2.24, 2.45) is 5.92 Å². The molecule has 1 aliphatic rings. The number of benzene rings is 2. The van der Waals surface area contributed by atoms with Gasteiger partial charge in [0.2, 0.25) is 0 Å². The van der Waals surface area contributed by atoms with Crippen molar-refractivity contribution < 1.29 is 14.1 Å². The fraction of sp³-hybridized carbons (Fsp3) is 0.176. The van der Waals surface area contributed by atoms with Gasteiger partial charge in [-0.1, -0.05) is 23.7 Å². The summed E-state index contributed by atoms with van der Waals surface area (Å²) in [6, 6.07) is 11.6. The molecular weight excluding hydrogens is 332 g/mol. The second-order valence-corrected chi connectivity index (χ2v) is 6.21. The van der Waals surface area contributed by atoms with E-state index in [0.29, 0.717) is 22.0 Å². The molecule has 3 atom stereocenters. The smallest absolute Gasteiger partial charge is 0.273 e. The molecule has 0 saturated heterocycles. The monoisotopic (exact) mass is 342 g/mol. The molecule has 0 bridgehead atoms. The van der Waals surface area contributed by atoms with Crippen molar-refractivity contribution in [3.8, 4) is 0 Å². The second-order valence-electron chi connectivity index (χ2n) is 5.78. The Balaban J connectivity index is 1.70. The highest BCUT2D eigenvalue weighted by molar-refractivity contribution is 6.30. The van der Waals surface area contributed by atoms with Crippen molar-refractivity contribution in [1.29, 1.82) is 0 Å². The summed E-state index contributed by atoms with van der Waals surface area (Å²) in [5.41, 5.74) is 1.84. The van der Waals surface area contributed by atoms with Crippen LogP contribution in [0.4, 0.5) is 5.69 Å². The third-order valence-electron chi connectivity index (χ3n) is 4.37. The zero-order valence-corrected chi connectivity index (χ0v) is 13.0. The molecule has 0 aliphatic heterocycles. The zero-order chi connectivity index (χ0) is 16.8. The van der Waals surface area contributed by atoms with Crippen molar-refractivity contribution in [2.45, 2.75) is 11.8 Å². The Bertz CT molecular complexity index is 951. The molecular formula is C17H11ClN2O4. The van der Waals surface area contributed by atoms with Crippen molar-refractivity contribution in [3.63, 3.8) is 0 Å². The summed E-state index contributed by atoms with van der Waals surface area (Å²) >= 11 is 5.90. The van der Waals surface area contributed by atoms with E-state index in [-0.39, 0.29) is 23.4 Å². The predicted molar refractivity (Wildman–Crippen MR) is 87.2 cm³/mol. The second kappa shape index (κ2) is 5.42. The normalized spacial score (nSPS) is 22.5. The minimum atomic E-state index is -0.483. The molecule has 0 spiro atoms. The molecule has 0 unspecified atom stereocenters. The van der Waals surface area contributed by atoms with E-state index >= 15 is 0 Å². The SMILES string of the molecule is O=C[C@@H]1[C@@H](c2ccc(Cl)cc2)[C@H]1c1nc2ccc([N+](=O)[O-])cc2o1. The first-order chi connectivity index (χ1) is 11.6. The van der Waals surface area contributed by atoms with E-state index in [9.17, 15) is 14.9 Å². The number of aldehydes is 1. The summed E-state index contributed by atoms with van der Waals surface area (Å²) in [6.45, 7) is 0. The van der Waals surface area contributed by atoms with Crippen LogP contribution in [0.5, 0.6) is 0 Å². The van der Waals surface area contributed by atoms with Gasteiger partial charge in [-0.3, -0.25) is 10.1 Å². The maximum absolute atomic E-state index is 11.4. The van der Waals surface area contributed by atoms with Gasteiger partial charge in [0.25, 0.3) is 5.69 Å². The van der Waals surface area contributed by atoms with Crippen molar-refractivity contribution in [2.75, 3.05) is 0 Å². The molecule has 24 heavy (non-hydrogen) atoms. The summed E-state index contributed by atoms with van der Waals surface area (Å²) < 4.78 is 5.69. The van der Waals surface area contributed by atoms with Gasteiger partial charge in [0, 0.05) is 22.9 Å². The van der Waals surface area contributed by atoms with Gasteiger partial charge in [0.15, 0.2) is 11.5 Å². The number of nitro benzene ring substituents is 1. The Hall–Kier alpha value is -2.73. The standard InChI is InChI=1S/C17H11ClN2O4/c18-10-3-1-9(2-4-10)15-12(8-21)16(15)17-19-13-6-5-11(20(22)23)7-14(13)24-17/h1-8,12,15-16H/t12-,15-,16+/m1/s1. The van der Waals surface area contributed by atoms with Gasteiger partial charge in [-0.15, -0.1) is 0 Å². The van der Waals surface area contributed by atoms with Crippen LogP contribution in [0.2, 0.25) is 5.02 Å². The number of carbonyl (C=O) groups is 1. The molecule has 0 N–H and O–H groups in total. The lowest BCUT2D eigenvalue weighted by molar-refractivity contribution is -0.384. The van der Waals surface area contributed by atoms with Gasteiger partial charge in [-0.05, 0) is 23.8 Å². The molecule has 120 valence electrons. The lowest BCUT2D eigenvalue weighted by Crippen LogP contribution is -1.86. The Morgan fingerprint density at radius 1 is 1.17 bits per heavy atom. The lowest BCUT2D eigenvalue weighted by Gasteiger charge is -1.98. The van der Waals surface area contributed by atoms with Gasteiger partial charge >= 0.3 is 0 Å². The fourth-order valence-electron chi connectivity index (χ4n) is 3.12. The Morgan fingerprint density at radius 2 is 1.92 bits per heavy atom. The van der Waals surface area contributed by atoms with Gasteiger partial charge in [-0.25, -0.2) is 4.98 Å². The van der Waals surface area contributed by atoms with E-state index in [4.69, 9.17) is 16.0 Å². The van der Waals surface area contributed by atoms with E-state index in [0.717, 1.165) is 11.8 Å². The molecule has 1 saturated carbocycles. The molecule has 1 fully saturated rings. The summed E-state index contributed by atoms with van der Waals surface area (Å²) in [7, 11) is 0. The Labute approximate surface area is 141 Å². The summed E-state index contributed by atoms with van der Waals surface area (Å²) in [4.78, 5) is 26.1. The predicted octanol–water partition coefficient (Wildman–Crippen LogP) is 4.09. The topological polar surface area (TPSA) is 86.2 Å². The number of fused-ring (bicyclic) bond motifs is 1. The molecule has 2 aromatic carbocycles. The third-order valence-corrected chi connectivity index (χ3v) is 4.62. The van der Waals surface area contributed by atoms with Crippen LogP contribution in [-0.2, 0) is 4.79 Å². The van der Waals surface area contributed by atoms with Crippen LogP contribution in [0.25, 0.3) is 11.1 Å². The molecule has 1 aromatic heterocycles. The highest BCUT2D eigenvalue weighted by atomic mass is 35.5. The highest BCUT2D eigenvalue weighted by Gasteiger charge is 2.54. The number of carbonyl (C=O) groups excluding carboxylic acids is 1. The van der Waals surface area contributed by atoms with E-state index < -0.39 is 4.92 Å². The fourth-order valence-corrected chi connectivity index (χ4v) is 3.25. The highest BCUT2D eigenvalue weighted by Crippen LogP contribution is 2.59. The summed E-state index contributed by atoms with van der Waals surface area (Å²) in [5.74, 6) is 0.0507. The lowest BCUT2D eigenvalue weighted by atomic mass is 10.1. The van der Waals surface area contributed by atoms with Crippen LogP contribution in [0.1, 0.15) is 23.3 Å². The minimum Gasteiger partial charge on any atom is -0.440 e. The van der Waals surface area contributed by atoms with E-state index in [2.05, 4.69) is 4.98 Å². The largest absolute Gasteiger partial charge is 0.440 e. The first-order valence-corrected chi connectivity index (χ1v) is 7.72. The van der Waals surface area contributed by atoms with Gasteiger partial charge in [0.05, 0.1) is 16.9 Å². The third kappa shape index (κ3) is 2.35. The number of nitrogens with zero attached hydrogens (tertiary/aromatic N) is 2. The Morgan fingerprint density at radius 3 is 2.58 bits per heavy atom. The number of aromatic nitrogens is 1. The zero-order valence-electron chi connectivity index (χ0n) is 12.3. The van der Waals surface area contributed by atoms with Crippen LogP contribution in [0, 0.1) is 16.0 Å². The first kappa shape index (κ1) is 14.8. The van der Waals surface area contributed by atoms with Crippen LogP contribution in [0.15, 0.2) is 46.9 Å². The quantitative estimate of drug-likeness (QED) is 0.405. The summed E-state index contributed by atoms with van der Waals surface area (Å²) in [6.07, 6.45) is 0.904. The van der Waals surface area contributed by atoms with Crippen LogP contribution in [0.3, 0.4) is 0 Å². The molecule has 1 heterocycles. The van der Waals surface area contributed by atoms with Crippen molar-refractivity contribution in [3.05, 3.63) is 69.1 Å². The van der Waals surface area contributed by atoms with E-state index in [1.165, 1.54) is 12.1 Å². The number of hydrogen-bond acceptors (Lipinski definition) is 5. The van der Waals surface area contributed by atoms with E-state index in [1.54, 1.807) is 18.2 Å². The van der Waals surface area contributed by atoms with Crippen LogP contribution in [-0.4, -0.2) is 16.2 Å². The maximum Gasteiger partial charge on any atom is 0.273 e. The van der Waals surface area contributed by atoms with Crippen LogP contribution < -0.4 is 0 Å². The van der Waals surface area contributed by atoms with Gasteiger partial charge in [0.1, 0.15) is 11.8 Å². The number of halogens is 1. The number of oxazole rings is 1. The first-order valence-electron chi connectivity index (χ1n) is 7.34.